The molecular weight excluding hydrogens is 872 g/mol. The number of carbonyl (C=O) groups is 2. The molecule has 0 spiro atoms. The van der Waals surface area contributed by atoms with Crippen LogP contribution >= 0.6 is 23.2 Å². The van der Waals surface area contributed by atoms with E-state index in [9.17, 15) is 26.4 Å². The SMILES string of the molecule is CCS(=O)(=O)N1CCC(N(C)c2cncc(N3C(=O)c4ccc(Cl)cc4C3(C)C)c2)C1.CCS(=O)(=O)N1CCC(N(C)c2cncc(N3C(=O)c4ccc(Cl)cc4C3(C)C)c2)C1. The van der Waals surface area contributed by atoms with Crippen molar-refractivity contribution in [3.8, 4) is 0 Å². The maximum atomic E-state index is 13.2. The number of amides is 2. The number of sulfonamides is 2. The van der Waals surface area contributed by atoms with Gasteiger partial charge in [-0.25, -0.2) is 16.8 Å². The Labute approximate surface area is 375 Å². The third kappa shape index (κ3) is 8.29. The molecule has 332 valence electrons. The molecular formula is C44H54Cl2N8O6S2. The molecule has 0 saturated carbocycles. The standard InChI is InChI=1S/2C22H27ClN4O3S/c2*1-5-31(29,30)26-9-8-16(14-26)25(4)17-11-18(13-24-12-17)27-21(28)19-7-6-15(23)10-20(19)22(27,2)3/h2*6-7,10-13,16H,5,8-9,14H2,1-4H3. The van der Waals surface area contributed by atoms with Gasteiger partial charge in [0, 0.05) is 73.5 Å². The lowest BCUT2D eigenvalue weighted by molar-refractivity contribution is 0.0973. The zero-order chi connectivity index (χ0) is 45.1. The fraction of sp³-hybridized carbons (Fsp3) is 0.455. The van der Waals surface area contributed by atoms with Gasteiger partial charge >= 0.3 is 0 Å². The Balaban J connectivity index is 0.000000186. The largest absolute Gasteiger partial charge is 0.369 e. The molecule has 4 aliphatic rings. The van der Waals surface area contributed by atoms with Gasteiger partial charge in [0.25, 0.3) is 11.8 Å². The molecule has 0 aliphatic carbocycles. The predicted molar refractivity (Wildman–Crippen MR) is 247 cm³/mol. The minimum Gasteiger partial charge on any atom is -0.369 e. The van der Waals surface area contributed by atoms with Crippen molar-refractivity contribution in [1.82, 2.24) is 18.6 Å². The predicted octanol–water partition coefficient (Wildman–Crippen LogP) is 6.98. The Morgan fingerprint density at radius 2 is 1.00 bits per heavy atom. The number of hydrogen-bond donors (Lipinski definition) is 0. The van der Waals surface area contributed by atoms with Gasteiger partial charge in [-0.15, -0.1) is 0 Å². The molecule has 62 heavy (non-hydrogen) atoms. The molecule has 8 rings (SSSR count). The summed E-state index contributed by atoms with van der Waals surface area (Å²) in [6, 6.07) is 14.7. The van der Waals surface area contributed by atoms with Crippen molar-refractivity contribution >= 4 is 77.8 Å². The van der Waals surface area contributed by atoms with Crippen LogP contribution in [-0.2, 0) is 31.1 Å². The van der Waals surface area contributed by atoms with E-state index in [-0.39, 0.29) is 35.4 Å². The van der Waals surface area contributed by atoms with Crippen LogP contribution in [0.2, 0.25) is 10.0 Å². The molecule has 0 radical (unpaired) electrons. The highest BCUT2D eigenvalue weighted by molar-refractivity contribution is 7.89. The highest BCUT2D eigenvalue weighted by atomic mass is 35.5. The molecule has 2 aromatic carbocycles. The molecule has 2 saturated heterocycles. The van der Waals surface area contributed by atoms with Crippen molar-refractivity contribution in [1.29, 1.82) is 0 Å². The van der Waals surface area contributed by atoms with E-state index in [0.29, 0.717) is 58.7 Å². The number of aromatic nitrogens is 2. The molecule has 14 nitrogen and oxygen atoms in total. The number of benzene rings is 2. The van der Waals surface area contributed by atoms with Gasteiger partial charge in [-0.1, -0.05) is 23.2 Å². The van der Waals surface area contributed by atoms with Crippen LogP contribution in [0.4, 0.5) is 22.7 Å². The smallest absolute Gasteiger partial charge is 0.259 e. The van der Waals surface area contributed by atoms with Crippen molar-refractivity contribution in [2.24, 2.45) is 0 Å². The summed E-state index contributed by atoms with van der Waals surface area (Å²) < 4.78 is 52.0. The summed E-state index contributed by atoms with van der Waals surface area (Å²) >= 11 is 12.4. The van der Waals surface area contributed by atoms with Crippen molar-refractivity contribution in [3.63, 3.8) is 0 Å². The van der Waals surface area contributed by atoms with E-state index in [4.69, 9.17) is 23.2 Å². The van der Waals surface area contributed by atoms with E-state index in [1.165, 1.54) is 0 Å². The first-order valence-corrected chi connectivity index (χ1v) is 24.7. The van der Waals surface area contributed by atoms with Gasteiger partial charge < -0.3 is 9.80 Å². The van der Waals surface area contributed by atoms with Gasteiger partial charge in [-0.05, 0) is 114 Å². The van der Waals surface area contributed by atoms with E-state index in [2.05, 4.69) is 19.8 Å². The van der Waals surface area contributed by atoms with Crippen molar-refractivity contribution < 1.29 is 26.4 Å². The number of halogens is 2. The molecule has 2 atom stereocenters. The Morgan fingerprint density at radius 1 is 0.629 bits per heavy atom. The second-order valence-corrected chi connectivity index (χ2v) is 22.6. The lowest BCUT2D eigenvalue weighted by Crippen LogP contribution is -2.40. The van der Waals surface area contributed by atoms with Gasteiger partial charge in [0.15, 0.2) is 0 Å². The molecule has 4 aliphatic heterocycles. The fourth-order valence-corrected chi connectivity index (χ4v) is 11.7. The third-order valence-electron chi connectivity index (χ3n) is 12.9. The van der Waals surface area contributed by atoms with Gasteiger partial charge in [0.05, 0.1) is 70.1 Å². The fourth-order valence-electron chi connectivity index (χ4n) is 9.10. The number of fused-ring (bicyclic) bond motifs is 2. The molecule has 4 aromatic rings. The van der Waals surface area contributed by atoms with E-state index in [0.717, 1.165) is 35.3 Å². The average molecular weight is 926 g/mol. The van der Waals surface area contributed by atoms with Crippen LogP contribution in [0, 0.1) is 0 Å². The summed E-state index contributed by atoms with van der Waals surface area (Å²) in [5.41, 5.74) is 5.00. The first-order valence-electron chi connectivity index (χ1n) is 20.7. The highest BCUT2D eigenvalue weighted by Crippen LogP contribution is 2.45. The maximum Gasteiger partial charge on any atom is 0.259 e. The second kappa shape index (κ2) is 17.0. The van der Waals surface area contributed by atoms with Crippen LogP contribution in [0.25, 0.3) is 0 Å². The highest BCUT2D eigenvalue weighted by Gasteiger charge is 2.46. The van der Waals surface area contributed by atoms with Gasteiger partial charge in [-0.3, -0.25) is 29.4 Å². The van der Waals surface area contributed by atoms with Crippen LogP contribution in [0.1, 0.15) is 86.2 Å². The molecule has 18 heteroatoms. The van der Waals surface area contributed by atoms with Crippen LogP contribution in [-0.4, -0.2) is 111 Å². The van der Waals surface area contributed by atoms with Gasteiger partial charge in [-0.2, -0.15) is 8.61 Å². The minimum absolute atomic E-state index is 0.0525. The van der Waals surface area contributed by atoms with E-state index < -0.39 is 31.1 Å². The van der Waals surface area contributed by atoms with E-state index in [1.54, 1.807) is 81.3 Å². The average Bonchev–Trinajstić information content (AvgIpc) is 4.02. The summed E-state index contributed by atoms with van der Waals surface area (Å²) in [5.74, 6) is 0.0488. The van der Waals surface area contributed by atoms with Crippen LogP contribution in [0.5, 0.6) is 0 Å². The number of rotatable bonds is 10. The monoisotopic (exact) mass is 924 g/mol. The number of hydrogen-bond acceptors (Lipinski definition) is 10. The molecule has 2 aromatic heterocycles. The summed E-state index contributed by atoms with van der Waals surface area (Å²) in [6.07, 6.45) is 8.37. The van der Waals surface area contributed by atoms with Crippen molar-refractivity contribution in [3.05, 3.63) is 106 Å². The lowest BCUT2D eigenvalue weighted by Gasteiger charge is -2.33. The molecule has 2 amide bonds. The molecule has 0 N–H and O–H groups in total. The third-order valence-corrected chi connectivity index (χ3v) is 17.0. The summed E-state index contributed by atoms with van der Waals surface area (Å²) in [5, 5.41) is 1.20. The zero-order valence-electron chi connectivity index (χ0n) is 36.3. The van der Waals surface area contributed by atoms with Crippen molar-refractivity contribution in [2.75, 3.05) is 71.4 Å². The topological polar surface area (TPSA) is 148 Å². The van der Waals surface area contributed by atoms with Crippen LogP contribution in [0.3, 0.4) is 0 Å². The number of pyridine rings is 2. The van der Waals surface area contributed by atoms with E-state index >= 15 is 0 Å². The molecule has 0 bridgehead atoms. The van der Waals surface area contributed by atoms with E-state index in [1.807, 2.05) is 66.1 Å². The van der Waals surface area contributed by atoms with Crippen molar-refractivity contribution in [2.45, 2.75) is 77.5 Å². The minimum atomic E-state index is -3.20. The molecule has 2 unspecified atom stereocenters. The second-order valence-electron chi connectivity index (χ2n) is 17.2. The Morgan fingerprint density at radius 3 is 1.35 bits per heavy atom. The molecule has 6 heterocycles. The lowest BCUT2D eigenvalue weighted by atomic mass is 9.93. The Kier molecular flexibility index (Phi) is 12.5. The first-order chi connectivity index (χ1) is 29.1. The number of nitrogens with zero attached hydrogens (tertiary/aromatic N) is 8. The zero-order valence-corrected chi connectivity index (χ0v) is 39.5. The van der Waals surface area contributed by atoms with Crippen LogP contribution < -0.4 is 19.6 Å². The summed E-state index contributed by atoms with van der Waals surface area (Å²) in [6.45, 7) is 13.3. The Hall–Kier alpha value is -4.32. The van der Waals surface area contributed by atoms with Crippen LogP contribution in [0.15, 0.2) is 73.3 Å². The van der Waals surface area contributed by atoms with Gasteiger partial charge in [0.2, 0.25) is 20.0 Å². The summed E-state index contributed by atoms with van der Waals surface area (Å²) in [7, 11) is -2.51. The Bertz CT molecular complexity index is 2450. The quantitative estimate of drug-likeness (QED) is 0.163. The number of carbonyl (C=O) groups excluding carboxylic acids is 2. The molecule has 2 fully saturated rings. The van der Waals surface area contributed by atoms with Gasteiger partial charge in [0.1, 0.15) is 0 Å². The number of anilines is 4. The number of likely N-dealkylation sites (N-methyl/N-ethyl adjacent to an activating group) is 2. The summed E-state index contributed by atoms with van der Waals surface area (Å²) in [4.78, 5) is 42.8. The maximum absolute atomic E-state index is 13.2. The first kappa shape index (κ1) is 45.7. The normalized spacial score (nSPS) is 20.9.